The minimum absolute atomic E-state index is 0.0388. The summed E-state index contributed by atoms with van der Waals surface area (Å²) in [6, 6.07) is 7.59. The van der Waals surface area contributed by atoms with Crippen molar-refractivity contribution in [2.24, 2.45) is 11.8 Å². The number of fused-ring (bicyclic) bond motifs is 1. The van der Waals surface area contributed by atoms with Crippen LogP contribution in [0.3, 0.4) is 0 Å². The average Bonchev–Trinajstić information content (AvgIpc) is 2.44. The first kappa shape index (κ1) is 12.9. The summed E-state index contributed by atoms with van der Waals surface area (Å²) in [5, 5.41) is 5.96. The summed E-state index contributed by atoms with van der Waals surface area (Å²) in [5.74, 6) is 0.695. The minimum Gasteiger partial charge on any atom is -0.267 e. The zero-order valence-electron chi connectivity index (χ0n) is 12.0. The topological polar surface area (TPSA) is 34.9 Å². The van der Waals surface area contributed by atoms with Crippen molar-refractivity contribution >= 4 is 16.5 Å². The maximum atomic E-state index is 12.6. The number of aromatic nitrogens is 2. The van der Waals surface area contributed by atoms with Gasteiger partial charge in [0.15, 0.2) is 0 Å². The molecule has 1 aromatic heterocycles. The fourth-order valence-electron chi connectivity index (χ4n) is 2.77. The van der Waals surface area contributed by atoms with E-state index in [0.29, 0.717) is 5.92 Å². The molecule has 1 heterocycles. The molecule has 0 aliphatic heterocycles. The van der Waals surface area contributed by atoms with Crippen molar-refractivity contribution in [1.29, 1.82) is 0 Å². The molecular formula is C17H18N2O. The van der Waals surface area contributed by atoms with Crippen LogP contribution in [0, 0.1) is 11.8 Å². The number of hydrogen-bond donors (Lipinski definition) is 0. The molecule has 2 atom stereocenters. The number of nitrogens with zero attached hydrogens (tertiary/aromatic N) is 2. The van der Waals surface area contributed by atoms with Gasteiger partial charge >= 0.3 is 0 Å². The van der Waals surface area contributed by atoms with Gasteiger partial charge < -0.3 is 0 Å². The molecule has 3 nitrogen and oxygen atoms in total. The smallest absolute Gasteiger partial charge is 0.267 e. The van der Waals surface area contributed by atoms with Gasteiger partial charge in [0, 0.05) is 17.0 Å². The van der Waals surface area contributed by atoms with E-state index in [1.165, 1.54) is 5.57 Å². The number of rotatable bonds is 1. The molecule has 0 radical (unpaired) electrons. The highest BCUT2D eigenvalue weighted by atomic mass is 16.1. The number of allylic oxidation sites excluding steroid dienone is 4. The van der Waals surface area contributed by atoms with Crippen LogP contribution < -0.4 is 5.56 Å². The van der Waals surface area contributed by atoms with Crippen LogP contribution in [0.15, 0.2) is 53.0 Å². The normalized spacial score (nSPS) is 22.6. The molecule has 0 saturated carbocycles. The molecule has 0 spiro atoms. The Morgan fingerprint density at radius 2 is 1.95 bits per heavy atom. The highest BCUT2D eigenvalue weighted by Crippen LogP contribution is 2.30. The molecule has 1 aliphatic carbocycles. The first-order chi connectivity index (χ1) is 9.58. The molecule has 2 unspecified atom stereocenters. The second-order valence-electron chi connectivity index (χ2n) is 5.58. The Hall–Kier alpha value is -2.16. The van der Waals surface area contributed by atoms with Gasteiger partial charge in [0.25, 0.3) is 5.56 Å². The van der Waals surface area contributed by atoms with E-state index >= 15 is 0 Å². The molecule has 3 rings (SSSR count). The second kappa shape index (κ2) is 4.75. The molecule has 0 N–H and O–H groups in total. The largest absolute Gasteiger partial charge is 0.279 e. The molecule has 0 amide bonds. The van der Waals surface area contributed by atoms with Gasteiger partial charge in [0.05, 0.1) is 11.6 Å². The van der Waals surface area contributed by atoms with E-state index in [4.69, 9.17) is 0 Å². The van der Waals surface area contributed by atoms with E-state index in [-0.39, 0.29) is 11.5 Å². The summed E-state index contributed by atoms with van der Waals surface area (Å²) < 4.78 is 1.56. The van der Waals surface area contributed by atoms with Crippen LogP contribution in [-0.4, -0.2) is 9.78 Å². The van der Waals surface area contributed by atoms with Gasteiger partial charge in [0.1, 0.15) is 0 Å². The fourth-order valence-corrected chi connectivity index (χ4v) is 2.77. The monoisotopic (exact) mass is 266 g/mol. The molecular weight excluding hydrogens is 248 g/mol. The Kier molecular flexibility index (Phi) is 3.05. The molecule has 0 bridgehead atoms. The first-order valence-corrected chi connectivity index (χ1v) is 6.95. The standard InChI is InChI=1S/C17H18N2O/c1-11-8-12(2)13(3)16(9-11)19-17(20)15-7-5-4-6-14(15)10-18-19/h4-10,12-13H,1-3H3. The van der Waals surface area contributed by atoms with Gasteiger partial charge in [-0.3, -0.25) is 4.79 Å². The molecule has 0 saturated heterocycles. The third-order valence-electron chi connectivity index (χ3n) is 4.10. The third-order valence-corrected chi connectivity index (χ3v) is 4.10. The lowest BCUT2D eigenvalue weighted by Gasteiger charge is -2.25. The second-order valence-corrected chi connectivity index (χ2v) is 5.58. The maximum absolute atomic E-state index is 12.6. The summed E-state index contributed by atoms with van der Waals surface area (Å²) >= 11 is 0. The lowest BCUT2D eigenvalue weighted by Crippen LogP contribution is -2.27. The summed E-state index contributed by atoms with van der Waals surface area (Å²) in [7, 11) is 0. The minimum atomic E-state index is -0.0388. The average molecular weight is 266 g/mol. The summed E-state index contributed by atoms with van der Waals surface area (Å²) in [5.41, 5.74) is 2.13. The van der Waals surface area contributed by atoms with E-state index < -0.39 is 0 Å². The molecule has 1 aromatic carbocycles. The molecule has 3 heteroatoms. The van der Waals surface area contributed by atoms with Gasteiger partial charge in [-0.25, -0.2) is 4.68 Å². The van der Waals surface area contributed by atoms with Crippen LogP contribution in [0.5, 0.6) is 0 Å². The van der Waals surface area contributed by atoms with Crippen LogP contribution >= 0.6 is 0 Å². The highest BCUT2D eigenvalue weighted by Gasteiger charge is 2.22. The Bertz CT molecular complexity index is 783. The van der Waals surface area contributed by atoms with Gasteiger partial charge in [-0.15, -0.1) is 0 Å². The Morgan fingerprint density at radius 3 is 2.75 bits per heavy atom. The lowest BCUT2D eigenvalue weighted by molar-refractivity contribution is 0.531. The Labute approximate surface area is 118 Å². The fraction of sp³-hybridized carbons (Fsp3) is 0.294. The SMILES string of the molecule is CC1=CC(C)C(C)C(n2ncc3ccccc3c2=O)=C1. The summed E-state index contributed by atoms with van der Waals surface area (Å²) in [4.78, 5) is 12.6. The van der Waals surface area contributed by atoms with Crippen molar-refractivity contribution in [3.63, 3.8) is 0 Å². The van der Waals surface area contributed by atoms with Crippen molar-refractivity contribution < 1.29 is 0 Å². The van der Waals surface area contributed by atoms with Crippen LogP contribution in [0.1, 0.15) is 20.8 Å². The molecule has 20 heavy (non-hydrogen) atoms. The summed E-state index contributed by atoms with van der Waals surface area (Å²) in [6.45, 7) is 6.38. The first-order valence-electron chi connectivity index (χ1n) is 6.95. The van der Waals surface area contributed by atoms with Crippen LogP contribution in [0.25, 0.3) is 16.5 Å². The van der Waals surface area contributed by atoms with Crippen molar-refractivity contribution in [3.05, 3.63) is 58.5 Å². The van der Waals surface area contributed by atoms with Crippen molar-refractivity contribution in [2.45, 2.75) is 20.8 Å². The van der Waals surface area contributed by atoms with Crippen LogP contribution in [-0.2, 0) is 0 Å². The number of benzene rings is 1. The van der Waals surface area contributed by atoms with Crippen molar-refractivity contribution in [1.82, 2.24) is 9.78 Å². The lowest BCUT2D eigenvalue weighted by atomic mass is 9.86. The van der Waals surface area contributed by atoms with E-state index in [9.17, 15) is 4.79 Å². The van der Waals surface area contributed by atoms with Crippen LogP contribution in [0.4, 0.5) is 0 Å². The molecule has 0 fully saturated rings. The highest BCUT2D eigenvalue weighted by molar-refractivity contribution is 5.81. The molecule has 2 aromatic rings. The van der Waals surface area contributed by atoms with Gasteiger partial charge in [-0.2, -0.15) is 5.10 Å². The summed E-state index contributed by atoms with van der Waals surface area (Å²) in [6.07, 6.45) is 6.07. The van der Waals surface area contributed by atoms with Crippen LogP contribution in [0.2, 0.25) is 0 Å². The van der Waals surface area contributed by atoms with Crippen molar-refractivity contribution in [3.8, 4) is 0 Å². The van der Waals surface area contributed by atoms with E-state index in [0.717, 1.165) is 16.5 Å². The predicted molar refractivity (Wildman–Crippen MR) is 82.4 cm³/mol. The zero-order chi connectivity index (χ0) is 14.3. The van der Waals surface area contributed by atoms with Crippen molar-refractivity contribution in [2.75, 3.05) is 0 Å². The quantitative estimate of drug-likeness (QED) is 0.792. The Balaban J connectivity index is 2.23. The predicted octanol–water partition coefficient (Wildman–Crippen LogP) is 3.47. The van der Waals surface area contributed by atoms with E-state index in [1.807, 2.05) is 24.3 Å². The maximum Gasteiger partial charge on any atom is 0.279 e. The number of hydrogen-bond acceptors (Lipinski definition) is 2. The molecule has 102 valence electrons. The van der Waals surface area contributed by atoms with E-state index in [2.05, 4.69) is 38.0 Å². The Morgan fingerprint density at radius 1 is 1.20 bits per heavy atom. The van der Waals surface area contributed by atoms with Gasteiger partial charge in [0.2, 0.25) is 0 Å². The van der Waals surface area contributed by atoms with E-state index in [1.54, 1.807) is 10.9 Å². The zero-order valence-corrected chi connectivity index (χ0v) is 12.0. The van der Waals surface area contributed by atoms with Gasteiger partial charge in [-0.05, 0) is 25.0 Å². The third kappa shape index (κ3) is 1.99. The molecule has 1 aliphatic rings. The van der Waals surface area contributed by atoms with Gasteiger partial charge in [-0.1, -0.05) is 43.7 Å².